The summed E-state index contributed by atoms with van der Waals surface area (Å²) in [6.45, 7) is 4.09. The Morgan fingerprint density at radius 1 is 1.19 bits per heavy atom. The van der Waals surface area contributed by atoms with Gasteiger partial charge in [-0.3, -0.25) is 0 Å². The third kappa shape index (κ3) is 4.30. The van der Waals surface area contributed by atoms with Gasteiger partial charge in [-0.2, -0.15) is 5.26 Å². The molecule has 0 fully saturated rings. The lowest BCUT2D eigenvalue weighted by Crippen LogP contribution is -2.06. The van der Waals surface area contributed by atoms with E-state index >= 15 is 0 Å². The molecule has 0 radical (unpaired) electrons. The number of nitriles is 1. The topological polar surface area (TPSA) is 57.9 Å². The van der Waals surface area contributed by atoms with Gasteiger partial charge in [-0.15, -0.1) is 0 Å². The minimum absolute atomic E-state index is 0.553. The standard InChI is InChI=1S/C17H19N3O/c1-2-10-21-13-16-7-4-3-6-15(16)12-20-17-14(11-18)8-5-9-19-17/h3-9H,2,10,12-13H2,1H3,(H,19,20). The monoisotopic (exact) mass is 281 g/mol. The predicted octanol–water partition coefficient (Wildman–Crippen LogP) is 3.49. The van der Waals surface area contributed by atoms with Gasteiger partial charge in [0.05, 0.1) is 12.2 Å². The van der Waals surface area contributed by atoms with Gasteiger partial charge in [-0.25, -0.2) is 4.98 Å². The molecule has 21 heavy (non-hydrogen) atoms. The van der Waals surface area contributed by atoms with Gasteiger partial charge >= 0.3 is 0 Å². The van der Waals surface area contributed by atoms with Crippen LogP contribution < -0.4 is 5.32 Å². The van der Waals surface area contributed by atoms with Gasteiger partial charge in [0.25, 0.3) is 0 Å². The zero-order chi connectivity index (χ0) is 14.9. The van der Waals surface area contributed by atoms with Gasteiger partial charge in [-0.05, 0) is 29.7 Å². The maximum Gasteiger partial charge on any atom is 0.144 e. The average Bonchev–Trinajstić information content (AvgIpc) is 2.54. The maximum atomic E-state index is 9.06. The number of nitrogens with zero attached hydrogens (tertiary/aromatic N) is 2. The van der Waals surface area contributed by atoms with Crippen molar-refractivity contribution in [2.45, 2.75) is 26.5 Å². The molecule has 2 rings (SSSR count). The van der Waals surface area contributed by atoms with Gasteiger partial charge < -0.3 is 10.1 Å². The van der Waals surface area contributed by atoms with E-state index in [-0.39, 0.29) is 0 Å². The fourth-order valence-electron chi connectivity index (χ4n) is 2.01. The SMILES string of the molecule is CCCOCc1ccccc1CNc1ncccc1C#N. The number of pyridine rings is 1. The number of hydrogen-bond donors (Lipinski definition) is 1. The summed E-state index contributed by atoms with van der Waals surface area (Å²) in [5.74, 6) is 0.615. The highest BCUT2D eigenvalue weighted by atomic mass is 16.5. The molecule has 0 aliphatic rings. The highest BCUT2D eigenvalue weighted by Crippen LogP contribution is 2.15. The first-order chi connectivity index (χ1) is 10.3. The van der Waals surface area contributed by atoms with Crippen LogP contribution in [0.5, 0.6) is 0 Å². The van der Waals surface area contributed by atoms with E-state index in [9.17, 15) is 0 Å². The lowest BCUT2D eigenvalue weighted by Gasteiger charge is -2.12. The molecule has 0 saturated heterocycles. The summed E-state index contributed by atoms with van der Waals surface area (Å²) >= 11 is 0. The fraction of sp³-hybridized carbons (Fsp3) is 0.294. The van der Waals surface area contributed by atoms with Crippen molar-refractivity contribution in [2.24, 2.45) is 0 Å². The molecule has 0 amide bonds. The quantitative estimate of drug-likeness (QED) is 0.789. The molecule has 4 nitrogen and oxygen atoms in total. The van der Waals surface area contributed by atoms with E-state index in [1.807, 2.05) is 12.1 Å². The van der Waals surface area contributed by atoms with Crippen molar-refractivity contribution in [2.75, 3.05) is 11.9 Å². The minimum atomic E-state index is 0.553. The lowest BCUT2D eigenvalue weighted by atomic mass is 10.1. The summed E-state index contributed by atoms with van der Waals surface area (Å²) in [7, 11) is 0. The van der Waals surface area contributed by atoms with Gasteiger partial charge in [0, 0.05) is 19.3 Å². The molecule has 4 heteroatoms. The Kier molecular flexibility index (Phi) is 5.74. The van der Waals surface area contributed by atoms with Crippen LogP contribution in [0.25, 0.3) is 0 Å². The third-order valence-corrected chi connectivity index (χ3v) is 3.10. The number of hydrogen-bond acceptors (Lipinski definition) is 4. The Labute approximate surface area is 125 Å². The Balaban J connectivity index is 2.04. The first-order valence-electron chi connectivity index (χ1n) is 7.08. The lowest BCUT2D eigenvalue weighted by molar-refractivity contribution is 0.121. The zero-order valence-corrected chi connectivity index (χ0v) is 12.2. The Hall–Kier alpha value is -2.38. The van der Waals surface area contributed by atoms with Gasteiger partial charge in [0.1, 0.15) is 11.9 Å². The van der Waals surface area contributed by atoms with Crippen LogP contribution in [0.4, 0.5) is 5.82 Å². The Bertz CT molecular complexity index is 619. The summed E-state index contributed by atoms with van der Waals surface area (Å²) in [5.41, 5.74) is 2.87. The van der Waals surface area contributed by atoms with Crippen LogP contribution in [0.1, 0.15) is 30.0 Å². The molecule has 108 valence electrons. The molecule has 0 saturated carbocycles. The molecule has 0 unspecified atom stereocenters. The van der Waals surface area contributed by atoms with Crippen molar-refractivity contribution in [3.05, 3.63) is 59.3 Å². The smallest absolute Gasteiger partial charge is 0.144 e. The molecule has 0 aliphatic heterocycles. The van der Waals surface area contributed by atoms with Crippen molar-refractivity contribution in [1.82, 2.24) is 4.98 Å². The van der Waals surface area contributed by atoms with E-state index in [4.69, 9.17) is 10.00 Å². The first-order valence-corrected chi connectivity index (χ1v) is 7.08. The summed E-state index contributed by atoms with van der Waals surface area (Å²) in [5, 5.41) is 12.3. The van der Waals surface area contributed by atoms with Crippen LogP contribution in [0, 0.1) is 11.3 Å². The normalized spacial score (nSPS) is 10.1. The van der Waals surface area contributed by atoms with Gasteiger partial charge in [-0.1, -0.05) is 31.2 Å². The molecule has 1 heterocycles. The van der Waals surface area contributed by atoms with Crippen molar-refractivity contribution in [1.29, 1.82) is 5.26 Å². The van der Waals surface area contributed by atoms with Crippen molar-refractivity contribution >= 4 is 5.82 Å². The Morgan fingerprint density at radius 2 is 2.00 bits per heavy atom. The molecular weight excluding hydrogens is 262 g/mol. The van der Waals surface area contributed by atoms with E-state index in [1.54, 1.807) is 18.3 Å². The summed E-state index contributed by atoms with van der Waals surface area (Å²) in [6, 6.07) is 13.8. The van der Waals surface area contributed by atoms with Gasteiger partial charge in [0.2, 0.25) is 0 Å². The second-order valence-electron chi connectivity index (χ2n) is 4.69. The number of nitrogens with one attached hydrogen (secondary N) is 1. The largest absolute Gasteiger partial charge is 0.377 e. The highest BCUT2D eigenvalue weighted by molar-refractivity contribution is 5.51. The molecule has 0 aliphatic carbocycles. The molecule has 1 aromatic carbocycles. The van der Waals surface area contributed by atoms with Gasteiger partial charge in [0.15, 0.2) is 0 Å². The predicted molar refractivity (Wildman–Crippen MR) is 82.7 cm³/mol. The number of rotatable bonds is 7. The molecule has 2 aromatic rings. The number of benzene rings is 1. The second-order valence-corrected chi connectivity index (χ2v) is 4.69. The van der Waals surface area contributed by atoms with Crippen molar-refractivity contribution in [3.63, 3.8) is 0 Å². The molecule has 1 N–H and O–H groups in total. The summed E-state index contributed by atoms with van der Waals surface area (Å²) < 4.78 is 5.61. The van der Waals surface area contributed by atoms with Crippen LogP contribution in [0.15, 0.2) is 42.6 Å². The minimum Gasteiger partial charge on any atom is -0.377 e. The van der Waals surface area contributed by atoms with E-state index < -0.39 is 0 Å². The van der Waals surface area contributed by atoms with Crippen molar-refractivity contribution in [3.8, 4) is 6.07 Å². The van der Waals surface area contributed by atoms with Crippen molar-refractivity contribution < 1.29 is 4.74 Å². The van der Waals surface area contributed by atoms with E-state index in [1.165, 1.54) is 0 Å². The molecular formula is C17H19N3O. The number of aromatic nitrogens is 1. The van der Waals surface area contributed by atoms with Crippen LogP contribution in [-0.2, 0) is 17.9 Å². The number of anilines is 1. The van der Waals surface area contributed by atoms with E-state index in [0.29, 0.717) is 24.5 Å². The third-order valence-electron chi connectivity index (χ3n) is 3.10. The first kappa shape index (κ1) is 15.0. The van der Waals surface area contributed by atoms with Crippen LogP contribution in [-0.4, -0.2) is 11.6 Å². The second kappa shape index (κ2) is 8.03. The zero-order valence-electron chi connectivity index (χ0n) is 12.2. The summed E-state index contributed by atoms with van der Waals surface area (Å²) in [6.07, 6.45) is 2.69. The van der Waals surface area contributed by atoms with Crippen LogP contribution in [0.3, 0.4) is 0 Å². The Morgan fingerprint density at radius 3 is 2.76 bits per heavy atom. The molecule has 0 bridgehead atoms. The molecule has 0 spiro atoms. The van der Waals surface area contributed by atoms with E-state index in [0.717, 1.165) is 24.2 Å². The molecule has 1 aromatic heterocycles. The highest BCUT2D eigenvalue weighted by Gasteiger charge is 2.05. The number of ether oxygens (including phenoxy) is 1. The van der Waals surface area contributed by atoms with Crippen LogP contribution >= 0.6 is 0 Å². The molecule has 0 atom stereocenters. The maximum absolute atomic E-state index is 9.06. The van der Waals surface area contributed by atoms with E-state index in [2.05, 4.69) is 35.4 Å². The fourth-order valence-corrected chi connectivity index (χ4v) is 2.01. The summed E-state index contributed by atoms with van der Waals surface area (Å²) in [4.78, 5) is 4.20. The van der Waals surface area contributed by atoms with Crippen LogP contribution in [0.2, 0.25) is 0 Å². The average molecular weight is 281 g/mol.